The second-order valence-electron chi connectivity index (χ2n) is 6.64. The van der Waals surface area contributed by atoms with Crippen LogP contribution in [-0.4, -0.2) is 30.1 Å². The molecule has 1 heterocycles. The standard InChI is InChI=1S/C16H20FNO2/c1-15(2,3)16(20-4)11-8-6-5-7-10(11)14(19)18(16)13-9-12(13)17/h5-8,12-13H,9H2,1-4H3/t12-,13+,16?/m1/s1. The first-order chi connectivity index (χ1) is 9.34. The van der Waals surface area contributed by atoms with Crippen molar-refractivity contribution in [2.45, 2.75) is 45.1 Å². The van der Waals surface area contributed by atoms with Gasteiger partial charge in [0, 0.05) is 30.1 Å². The molecule has 3 nitrogen and oxygen atoms in total. The van der Waals surface area contributed by atoms with E-state index in [0.717, 1.165) is 5.56 Å². The SMILES string of the molecule is COC1(C(C)(C)C)c2ccccc2C(=O)N1[C@H]1C[C@H]1F. The van der Waals surface area contributed by atoms with Gasteiger partial charge in [-0.1, -0.05) is 39.0 Å². The highest BCUT2D eigenvalue weighted by molar-refractivity contribution is 6.00. The third-order valence-electron chi connectivity index (χ3n) is 4.41. The minimum atomic E-state index is -0.940. The molecule has 1 unspecified atom stereocenters. The summed E-state index contributed by atoms with van der Waals surface area (Å²) < 4.78 is 19.5. The molecule has 0 saturated heterocycles. The Bertz CT molecular complexity index is 566. The van der Waals surface area contributed by atoms with E-state index in [1.807, 2.05) is 39.0 Å². The van der Waals surface area contributed by atoms with Gasteiger partial charge in [-0.15, -0.1) is 0 Å². The number of carbonyl (C=O) groups excluding carboxylic acids is 1. The molecule has 1 aliphatic carbocycles. The first-order valence-corrected chi connectivity index (χ1v) is 6.97. The zero-order chi connectivity index (χ0) is 14.7. The molecule has 1 aliphatic heterocycles. The lowest BCUT2D eigenvalue weighted by atomic mass is 9.78. The molecule has 1 saturated carbocycles. The summed E-state index contributed by atoms with van der Waals surface area (Å²) in [4.78, 5) is 14.4. The van der Waals surface area contributed by atoms with E-state index in [2.05, 4.69) is 0 Å². The summed E-state index contributed by atoms with van der Waals surface area (Å²) in [6, 6.07) is 7.08. The van der Waals surface area contributed by atoms with Crippen LogP contribution in [0, 0.1) is 5.41 Å². The number of hydrogen-bond donors (Lipinski definition) is 0. The number of halogens is 1. The number of ether oxygens (including phenoxy) is 1. The Labute approximate surface area is 118 Å². The smallest absolute Gasteiger partial charge is 0.257 e. The molecule has 1 fully saturated rings. The lowest BCUT2D eigenvalue weighted by molar-refractivity contribution is -0.187. The van der Waals surface area contributed by atoms with Gasteiger partial charge in [-0.05, 0) is 6.07 Å². The van der Waals surface area contributed by atoms with E-state index in [1.165, 1.54) is 0 Å². The quantitative estimate of drug-likeness (QED) is 0.831. The monoisotopic (exact) mass is 277 g/mol. The molecular weight excluding hydrogens is 257 g/mol. The van der Waals surface area contributed by atoms with Gasteiger partial charge in [0.15, 0.2) is 5.72 Å². The van der Waals surface area contributed by atoms with Gasteiger partial charge < -0.3 is 4.74 Å². The van der Waals surface area contributed by atoms with Gasteiger partial charge in [0.05, 0.1) is 6.04 Å². The second kappa shape index (κ2) is 4.04. The normalized spacial score (nSPS) is 32.5. The lowest BCUT2D eigenvalue weighted by Crippen LogP contribution is -2.55. The molecule has 108 valence electrons. The number of benzene rings is 1. The predicted octanol–water partition coefficient (Wildman–Crippen LogP) is 3.10. The van der Waals surface area contributed by atoms with Crippen molar-refractivity contribution in [2.75, 3.05) is 7.11 Å². The average molecular weight is 277 g/mol. The van der Waals surface area contributed by atoms with Crippen LogP contribution in [0.5, 0.6) is 0 Å². The van der Waals surface area contributed by atoms with Gasteiger partial charge in [-0.3, -0.25) is 9.69 Å². The number of rotatable bonds is 2. The summed E-state index contributed by atoms with van der Waals surface area (Å²) in [6.45, 7) is 6.07. The number of methoxy groups -OCH3 is 1. The molecule has 1 amide bonds. The van der Waals surface area contributed by atoms with Gasteiger partial charge in [0.25, 0.3) is 5.91 Å². The van der Waals surface area contributed by atoms with Crippen LogP contribution < -0.4 is 0 Å². The predicted molar refractivity (Wildman–Crippen MR) is 74.1 cm³/mol. The Kier molecular flexibility index (Phi) is 2.74. The van der Waals surface area contributed by atoms with E-state index in [-0.39, 0.29) is 17.4 Å². The second-order valence-corrected chi connectivity index (χ2v) is 6.64. The van der Waals surface area contributed by atoms with E-state index in [9.17, 15) is 9.18 Å². The summed E-state index contributed by atoms with van der Waals surface area (Å²) in [7, 11) is 1.60. The van der Waals surface area contributed by atoms with Crippen molar-refractivity contribution in [2.24, 2.45) is 5.41 Å². The van der Waals surface area contributed by atoms with Crippen LogP contribution >= 0.6 is 0 Å². The summed E-state index contributed by atoms with van der Waals surface area (Å²) in [6.07, 6.45) is -0.536. The number of hydrogen-bond acceptors (Lipinski definition) is 2. The van der Waals surface area contributed by atoms with Crippen molar-refractivity contribution in [3.63, 3.8) is 0 Å². The van der Waals surface area contributed by atoms with E-state index >= 15 is 0 Å². The third kappa shape index (κ3) is 1.51. The summed E-state index contributed by atoms with van der Waals surface area (Å²) >= 11 is 0. The highest BCUT2D eigenvalue weighted by Gasteiger charge is 2.63. The average Bonchev–Trinajstić information content (AvgIpc) is 3.03. The highest BCUT2D eigenvalue weighted by Crippen LogP contribution is 2.55. The van der Waals surface area contributed by atoms with Crippen LogP contribution in [0.15, 0.2) is 24.3 Å². The molecule has 2 aliphatic rings. The molecule has 4 heteroatoms. The van der Waals surface area contributed by atoms with E-state index < -0.39 is 11.9 Å². The van der Waals surface area contributed by atoms with Gasteiger partial charge in [-0.2, -0.15) is 0 Å². The largest absolute Gasteiger partial charge is 0.354 e. The molecule has 0 radical (unpaired) electrons. The maximum Gasteiger partial charge on any atom is 0.257 e. The van der Waals surface area contributed by atoms with Gasteiger partial charge in [0.2, 0.25) is 0 Å². The van der Waals surface area contributed by atoms with Crippen molar-refractivity contribution in [3.8, 4) is 0 Å². The first-order valence-electron chi connectivity index (χ1n) is 6.97. The number of alkyl halides is 1. The lowest BCUT2D eigenvalue weighted by Gasteiger charge is -2.47. The maximum atomic E-state index is 13.6. The van der Waals surface area contributed by atoms with Crippen molar-refractivity contribution < 1.29 is 13.9 Å². The third-order valence-corrected chi connectivity index (χ3v) is 4.41. The first kappa shape index (κ1) is 13.6. The molecule has 1 aromatic carbocycles. The van der Waals surface area contributed by atoms with Gasteiger partial charge in [-0.25, -0.2) is 4.39 Å². The fourth-order valence-corrected chi connectivity index (χ4v) is 3.45. The molecule has 3 rings (SSSR count). The van der Waals surface area contributed by atoms with Crippen LogP contribution in [0.3, 0.4) is 0 Å². The van der Waals surface area contributed by atoms with E-state index in [4.69, 9.17) is 4.74 Å². The van der Waals surface area contributed by atoms with Crippen LogP contribution in [0.4, 0.5) is 4.39 Å². The topological polar surface area (TPSA) is 29.5 Å². The molecule has 1 aromatic rings. The minimum Gasteiger partial charge on any atom is -0.354 e. The zero-order valence-corrected chi connectivity index (χ0v) is 12.3. The molecule has 3 atom stereocenters. The van der Waals surface area contributed by atoms with Crippen molar-refractivity contribution in [1.29, 1.82) is 0 Å². The summed E-state index contributed by atoms with van der Waals surface area (Å²) in [5.74, 6) is -0.123. The van der Waals surface area contributed by atoms with E-state index in [0.29, 0.717) is 12.0 Å². The Morgan fingerprint density at radius 2 is 1.95 bits per heavy atom. The Morgan fingerprint density at radius 1 is 1.35 bits per heavy atom. The zero-order valence-electron chi connectivity index (χ0n) is 12.3. The van der Waals surface area contributed by atoms with Crippen LogP contribution in [-0.2, 0) is 10.5 Å². The molecule has 0 N–H and O–H groups in total. The number of fused-ring (bicyclic) bond motifs is 1. The Balaban J connectivity index is 2.23. The fraction of sp³-hybridized carbons (Fsp3) is 0.562. The minimum absolute atomic E-state index is 0.123. The van der Waals surface area contributed by atoms with Crippen LogP contribution in [0.1, 0.15) is 43.1 Å². The molecule has 0 spiro atoms. The fourth-order valence-electron chi connectivity index (χ4n) is 3.45. The number of nitrogens with zero attached hydrogens (tertiary/aromatic N) is 1. The number of carbonyl (C=O) groups is 1. The number of amides is 1. The van der Waals surface area contributed by atoms with Gasteiger partial charge >= 0.3 is 0 Å². The van der Waals surface area contributed by atoms with Crippen LogP contribution in [0.25, 0.3) is 0 Å². The van der Waals surface area contributed by atoms with Crippen molar-refractivity contribution in [3.05, 3.63) is 35.4 Å². The Hall–Kier alpha value is -1.42. The van der Waals surface area contributed by atoms with Crippen molar-refractivity contribution >= 4 is 5.91 Å². The molecule has 20 heavy (non-hydrogen) atoms. The van der Waals surface area contributed by atoms with Gasteiger partial charge in [0.1, 0.15) is 6.17 Å². The maximum absolute atomic E-state index is 13.6. The Morgan fingerprint density at radius 3 is 2.45 bits per heavy atom. The molecule has 0 aromatic heterocycles. The van der Waals surface area contributed by atoms with Crippen LogP contribution in [0.2, 0.25) is 0 Å². The summed E-state index contributed by atoms with van der Waals surface area (Å²) in [5, 5.41) is 0. The molecular formula is C16H20FNO2. The van der Waals surface area contributed by atoms with E-state index in [1.54, 1.807) is 18.1 Å². The highest BCUT2D eigenvalue weighted by atomic mass is 19.1. The van der Waals surface area contributed by atoms with Crippen molar-refractivity contribution in [1.82, 2.24) is 4.90 Å². The molecule has 0 bridgehead atoms. The summed E-state index contributed by atoms with van der Waals surface area (Å²) in [5.41, 5.74) is 0.223.